The summed E-state index contributed by atoms with van der Waals surface area (Å²) in [5.41, 5.74) is 3.17. The lowest BCUT2D eigenvalue weighted by Crippen LogP contribution is -2.21. The Morgan fingerprint density at radius 1 is 0.943 bits per heavy atom. The molecule has 0 unspecified atom stereocenters. The van der Waals surface area contributed by atoms with Gasteiger partial charge in [0.25, 0.3) is 5.56 Å². The molecule has 0 fully saturated rings. The van der Waals surface area contributed by atoms with Gasteiger partial charge in [-0.25, -0.2) is 0 Å². The molecule has 0 atom stereocenters. The number of rotatable bonds is 7. The monoisotopic (exact) mass is 480 g/mol. The maximum Gasteiger partial charge on any atom is 0.573 e. The molecule has 0 radical (unpaired) electrons. The van der Waals surface area contributed by atoms with Crippen molar-refractivity contribution in [2.75, 3.05) is 5.32 Å². The van der Waals surface area contributed by atoms with Crippen LogP contribution in [0.25, 0.3) is 10.8 Å². The molecule has 1 N–H and O–H groups in total. The van der Waals surface area contributed by atoms with E-state index in [1.165, 1.54) is 28.8 Å². The van der Waals surface area contributed by atoms with E-state index in [0.29, 0.717) is 34.9 Å². The molecule has 0 aliphatic carbocycles. The predicted molar refractivity (Wildman–Crippen MR) is 129 cm³/mol. The van der Waals surface area contributed by atoms with E-state index in [0.717, 1.165) is 11.1 Å². The van der Waals surface area contributed by atoms with E-state index in [4.69, 9.17) is 0 Å². The summed E-state index contributed by atoms with van der Waals surface area (Å²) in [7, 11) is 0. The molecule has 4 rings (SSSR count). The normalized spacial score (nSPS) is 11.4. The summed E-state index contributed by atoms with van der Waals surface area (Å²) in [4.78, 5) is 25.6. The van der Waals surface area contributed by atoms with E-state index in [-0.39, 0.29) is 23.8 Å². The molecule has 8 heteroatoms. The number of nitrogens with one attached hydrogen (secondary N) is 1. The third-order valence-corrected chi connectivity index (χ3v) is 5.69. The molecule has 0 aliphatic heterocycles. The van der Waals surface area contributed by atoms with Crippen molar-refractivity contribution in [1.29, 1.82) is 0 Å². The standard InChI is InChI=1S/C27H23F3N2O3/c1-18-5-2-3-6-20(18)11-14-25(33)31-24-8-4-7-23-22(24)15-16-32(26(23)34)17-19-9-12-21(13-10-19)35-27(28,29)30/h2-10,12-13,15-16H,11,14,17H2,1H3,(H,31,33). The Kier molecular flexibility index (Phi) is 6.91. The van der Waals surface area contributed by atoms with Gasteiger partial charge in [-0.3, -0.25) is 9.59 Å². The van der Waals surface area contributed by atoms with Crippen LogP contribution in [0.4, 0.5) is 18.9 Å². The highest BCUT2D eigenvalue weighted by Gasteiger charge is 2.30. The second-order valence-corrected chi connectivity index (χ2v) is 8.18. The average molecular weight is 480 g/mol. The number of aryl methyl sites for hydroxylation is 2. The van der Waals surface area contributed by atoms with E-state index in [1.54, 1.807) is 30.5 Å². The molecule has 0 bridgehead atoms. The first-order valence-electron chi connectivity index (χ1n) is 11.0. The summed E-state index contributed by atoms with van der Waals surface area (Å²) < 4.78 is 42.4. The van der Waals surface area contributed by atoms with E-state index in [9.17, 15) is 22.8 Å². The molecule has 180 valence electrons. The van der Waals surface area contributed by atoms with Gasteiger partial charge in [0.2, 0.25) is 5.91 Å². The number of carbonyl (C=O) groups excluding carboxylic acids is 1. The van der Waals surface area contributed by atoms with Crippen molar-refractivity contribution in [2.24, 2.45) is 0 Å². The SMILES string of the molecule is Cc1ccccc1CCC(=O)Nc1cccc2c(=O)n(Cc3ccc(OC(F)(F)F)cc3)ccc12. The zero-order chi connectivity index (χ0) is 25.0. The number of ether oxygens (including phenoxy) is 1. The van der Waals surface area contributed by atoms with E-state index < -0.39 is 6.36 Å². The number of aromatic nitrogens is 1. The minimum Gasteiger partial charge on any atom is -0.406 e. The Morgan fingerprint density at radius 3 is 2.40 bits per heavy atom. The number of fused-ring (bicyclic) bond motifs is 1. The van der Waals surface area contributed by atoms with Gasteiger partial charge in [-0.1, -0.05) is 42.5 Å². The fraction of sp³-hybridized carbons (Fsp3) is 0.185. The molecule has 3 aromatic carbocycles. The van der Waals surface area contributed by atoms with Gasteiger partial charge in [-0.2, -0.15) is 0 Å². The lowest BCUT2D eigenvalue weighted by atomic mass is 10.0. The van der Waals surface area contributed by atoms with Crippen molar-refractivity contribution in [3.8, 4) is 5.75 Å². The van der Waals surface area contributed by atoms with Crippen molar-refractivity contribution in [3.63, 3.8) is 0 Å². The van der Waals surface area contributed by atoms with E-state index in [2.05, 4.69) is 10.1 Å². The number of amides is 1. The van der Waals surface area contributed by atoms with Gasteiger partial charge in [0, 0.05) is 29.1 Å². The molecule has 0 saturated heterocycles. The molecule has 1 amide bonds. The molecule has 4 aromatic rings. The lowest BCUT2D eigenvalue weighted by molar-refractivity contribution is -0.274. The quantitative estimate of drug-likeness (QED) is 0.362. The molecule has 0 aliphatic rings. The van der Waals surface area contributed by atoms with Crippen molar-refractivity contribution in [1.82, 2.24) is 4.57 Å². The second kappa shape index (κ2) is 10.0. The first-order valence-corrected chi connectivity index (χ1v) is 11.0. The maximum atomic E-state index is 13.1. The average Bonchev–Trinajstić information content (AvgIpc) is 2.81. The van der Waals surface area contributed by atoms with Crippen molar-refractivity contribution in [3.05, 3.63) is 106 Å². The topological polar surface area (TPSA) is 60.3 Å². The van der Waals surface area contributed by atoms with Crippen LogP contribution in [0.1, 0.15) is 23.1 Å². The van der Waals surface area contributed by atoms with Crippen LogP contribution in [0.5, 0.6) is 5.75 Å². The fourth-order valence-corrected chi connectivity index (χ4v) is 3.90. The second-order valence-electron chi connectivity index (χ2n) is 8.18. The summed E-state index contributed by atoms with van der Waals surface area (Å²) in [5.74, 6) is -0.471. The molecule has 1 aromatic heterocycles. The van der Waals surface area contributed by atoms with Crippen LogP contribution in [-0.4, -0.2) is 16.8 Å². The number of hydrogen-bond donors (Lipinski definition) is 1. The molecule has 5 nitrogen and oxygen atoms in total. The van der Waals surface area contributed by atoms with Crippen LogP contribution in [0.3, 0.4) is 0 Å². The highest BCUT2D eigenvalue weighted by Crippen LogP contribution is 2.24. The summed E-state index contributed by atoms with van der Waals surface area (Å²) in [6.45, 7) is 2.18. The third kappa shape index (κ3) is 6.09. The Hall–Kier alpha value is -4.07. The van der Waals surface area contributed by atoms with E-state index >= 15 is 0 Å². The van der Waals surface area contributed by atoms with Gasteiger partial charge in [-0.15, -0.1) is 13.2 Å². The number of nitrogens with zero attached hydrogens (tertiary/aromatic N) is 1. The van der Waals surface area contributed by atoms with Crippen LogP contribution in [0.15, 0.2) is 83.8 Å². The van der Waals surface area contributed by atoms with E-state index in [1.807, 2.05) is 31.2 Å². The minimum absolute atomic E-state index is 0.147. The van der Waals surface area contributed by atoms with Crippen molar-refractivity contribution >= 4 is 22.4 Å². The molecule has 35 heavy (non-hydrogen) atoms. The summed E-state index contributed by atoms with van der Waals surface area (Å²) in [5, 5.41) is 3.95. The largest absolute Gasteiger partial charge is 0.573 e. The number of anilines is 1. The predicted octanol–water partition coefficient (Wildman–Crippen LogP) is 5.83. The number of halogens is 3. The number of pyridine rings is 1. The molecular formula is C27H23F3N2O3. The summed E-state index contributed by atoms with van der Waals surface area (Å²) in [6.07, 6.45) is -2.23. The number of benzene rings is 3. The highest BCUT2D eigenvalue weighted by atomic mass is 19.4. The smallest absolute Gasteiger partial charge is 0.406 e. The third-order valence-electron chi connectivity index (χ3n) is 5.69. The van der Waals surface area contributed by atoms with Gasteiger partial charge in [0.1, 0.15) is 5.75 Å². The van der Waals surface area contributed by atoms with Crippen LogP contribution < -0.4 is 15.6 Å². The van der Waals surface area contributed by atoms with Crippen LogP contribution in [0, 0.1) is 6.92 Å². The Bertz CT molecular complexity index is 1410. The lowest BCUT2D eigenvalue weighted by Gasteiger charge is -2.12. The highest BCUT2D eigenvalue weighted by molar-refractivity contribution is 6.01. The molecular weight excluding hydrogens is 457 g/mol. The van der Waals surface area contributed by atoms with Crippen molar-refractivity contribution < 1.29 is 22.7 Å². The van der Waals surface area contributed by atoms with Gasteiger partial charge in [0.05, 0.1) is 6.54 Å². The molecule has 0 saturated carbocycles. The van der Waals surface area contributed by atoms with Gasteiger partial charge in [0.15, 0.2) is 0 Å². The van der Waals surface area contributed by atoms with Gasteiger partial charge < -0.3 is 14.6 Å². The molecule has 0 spiro atoms. The number of hydrogen-bond acceptors (Lipinski definition) is 3. The van der Waals surface area contributed by atoms with Crippen LogP contribution >= 0.6 is 0 Å². The molecule has 1 heterocycles. The fourth-order valence-electron chi connectivity index (χ4n) is 3.90. The van der Waals surface area contributed by atoms with Gasteiger partial charge in [-0.05, 0) is 60.4 Å². The minimum atomic E-state index is -4.76. The number of alkyl halides is 3. The summed E-state index contributed by atoms with van der Waals surface area (Å²) >= 11 is 0. The Labute approximate surface area is 199 Å². The first-order chi connectivity index (χ1) is 16.7. The van der Waals surface area contributed by atoms with Gasteiger partial charge >= 0.3 is 6.36 Å². The zero-order valence-corrected chi connectivity index (χ0v) is 18.9. The first kappa shape index (κ1) is 24.1. The summed E-state index contributed by atoms with van der Waals surface area (Å²) in [6, 6.07) is 20.1. The van der Waals surface area contributed by atoms with Crippen LogP contribution in [0.2, 0.25) is 0 Å². The number of carbonyl (C=O) groups is 1. The van der Waals surface area contributed by atoms with Crippen molar-refractivity contribution in [2.45, 2.75) is 32.7 Å². The maximum absolute atomic E-state index is 13.1. The zero-order valence-electron chi connectivity index (χ0n) is 18.9. The van der Waals surface area contributed by atoms with Crippen LogP contribution in [-0.2, 0) is 17.8 Å². The Morgan fingerprint density at radius 2 is 1.69 bits per heavy atom. The Balaban J connectivity index is 1.48.